The summed E-state index contributed by atoms with van der Waals surface area (Å²) >= 11 is 0. The van der Waals surface area contributed by atoms with Gasteiger partial charge in [0.2, 0.25) is 0 Å². The molecule has 3 rings (SSSR count). The highest BCUT2D eigenvalue weighted by atomic mass is 19.4. The summed E-state index contributed by atoms with van der Waals surface area (Å²) in [6, 6.07) is 2.53. The van der Waals surface area contributed by atoms with E-state index in [1.54, 1.807) is 45.1 Å². The summed E-state index contributed by atoms with van der Waals surface area (Å²) in [5.74, 6) is -0.137. The van der Waals surface area contributed by atoms with Crippen molar-refractivity contribution >= 4 is 5.71 Å². The van der Waals surface area contributed by atoms with Gasteiger partial charge in [0.15, 0.2) is 5.60 Å². The lowest BCUT2D eigenvalue weighted by Crippen LogP contribution is -2.55. The Kier molecular flexibility index (Phi) is 6.88. The molecule has 178 valence electrons. The fourth-order valence-electron chi connectivity index (χ4n) is 4.32. The molecule has 0 amide bonds. The van der Waals surface area contributed by atoms with E-state index in [0.29, 0.717) is 46.9 Å². The summed E-state index contributed by atoms with van der Waals surface area (Å²) < 4.78 is 62.3. The zero-order valence-corrected chi connectivity index (χ0v) is 18.9. The van der Waals surface area contributed by atoms with Crippen molar-refractivity contribution in [2.75, 3.05) is 13.2 Å². The van der Waals surface area contributed by atoms with Gasteiger partial charge in [-0.25, -0.2) is 4.39 Å². The van der Waals surface area contributed by atoms with Crippen LogP contribution in [0, 0.1) is 5.82 Å². The van der Waals surface area contributed by atoms with Gasteiger partial charge in [0.1, 0.15) is 11.6 Å². The van der Waals surface area contributed by atoms with Crippen molar-refractivity contribution in [3.05, 3.63) is 77.4 Å². The zero-order valence-electron chi connectivity index (χ0n) is 18.9. The van der Waals surface area contributed by atoms with E-state index < -0.39 is 36.0 Å². The number of aliphatic imine (C=N–C) groups is 1. The van der Waals surface area contributed by atoms with Crippen molar-refractivity contribution in [1.82, 2.24) is 5.32 Å². The molecule has 1 aromatic carbocycles. The molecule has 2 N–H and O–H groups in total. The lowest BCUT2D eigenvalue weighted by Gasteiger charge is -2.39. The van der Waals surface area contributed by atoms with E-state index in [1.807, 2.05) is 0 Å². The van der Waals surface area contributed by atoms with Crippen LogP contribution < -0.4 is 10.1 Å². The molecule has 0 bridgehead atoms. The van der Waals surface area contributed by atoms with Gasteiger partial charge in [-0.1, -0.05) is 32.6 Å². The second-order valence-corrected chi connectivity index (χ2v) is 8.82. The summed E-state index contributed by atoms with van der Waals surface area (Å²) in [5, 5.41) is 13.6. The van der Waals surface area contributed by atoms with Crippen LogP contribution in [0.2, 0.25) is 0 Å². The standard InChI is InChI=1S/C25H28F4N2O2/c1-5-18-20(30-6-2)8-7-9-21(18)31-15-24(32,25(27,28)29)14-23(3,4)19-13-17(26)12-16-10-11-33-22(16)19/h5-9,12-13,31-32H,2,10-11,14-15H2,1,3-4H3/b18-5+,30-20-. The maximum Gasteiger partial charge on any atom is 0.418 e. The topological polar surface area (TPSA) is 53.9 Å². The van der Waals surface area contributed by atoms with E-state index in [2.05, 4.69) is 16.9 Å². The molecule has 0 saturated carbocycles. The molecular weight excluding hydrogens is 436 g/mol. The van der Waals surface area contributed by atoms with Gasteiger partial charge in [-0.15, -0.1) is 0 Å². The van der Waals surface area contributed by atoms with Crippen LogP contribution in [-0.4, -0.2) is 35.7 Å². The second kappa shape index (κ2) is 9.17. The minimum Gasteiger partial charge on any atom is -0.493 e. The monoisotopic (exact) mass is 464 g/mol. The van der Waals surface area contributed by atoms with Gasteiger partial charge >= 0.3 is 6.18 Å². The molecule has 1 unspecified atom stereocenters. The molecule has 0 radical (unpaired) electrons. The van der Waals surface area contributed by atoms with Gasteiger partial charge in [0.25, 0.3) is 0 Å². The summed E-state index contributed by atoms with van der Waals surface area (Å²) in [6.07, 6.45) is 2.91. The number of nitrogens with zero attached hydrogens (tertiary/aromatic N) is 1. The van der Waals surface area contributed by atoms with Gasteiger partial charge in [0, 0.05) is 35.0 Å². The number of ether oxygens (including phenoxy) is 1. The van der Waals surface area contributed by atoms with E-state index in [9.17, 15) is 22.7 Å². The number of benzene rings is 1. The third-order valence-corrected chi connectivity index (χ3v) is 5.91. The van der Waals surface area contributed by atoms with Gasteiger partial charge in [-0.05, 0) is 43.0 Å². The lowest BCUT2D eigenvalue weighted by molar-refractivity contribution is -0.264. The molecule has 4 nitrogen and oxygen atoms in total. The fourth-order valence-corrected chi connectivity index (χ4v) is 4.32. The van der Waals surface area contributed by atoms with E-state index in [0.717, 1.165) is 0 Å². The first-order valence-corrected chi connectivity index (χ1v) is 10.6. The molecule has 8 heteroatoms. The smallest absolute Gasteiger partial charge is 0.418 e. The van der Waals surface area contributed by atoms with Crippen LogP contribution in [0.4, 0.5) is 17.6 Å². The number of nitrogens with one attached hydrogen (secondary N) is 1. The molecule has 1 aliphatic heterocycles. The molecule has 0 saturated heterocycles. The highest BCUT2D eigenvalue weighted by Crippen LogP contribution is 2.45. The van der Waals surface area contributed by atoms with Crippen LogP contribution in [-0.2, 0) is 11.8 Å². The van der Waals surface area contributed by atoms with Gasteiger partial charge in [0.05, 0.1) is 18.9 Å². The zero-order chi connectivity index (χ0) is 24.4. The number of hydrogen-bond donors (Lipinski definition) is 2. The van der Waals surface area contributed by atoms with E-state index in [4.69, 9.17) is 4.74 Å². The average Bonchev–Trinajstić information content (AvgIpc) is 3.19. The van der Waals surface area contributed by atoms with Crippen LogP contribution in [0.15, 0.2) is 65.5 Å². The van der Waals surface area contributed by atoms with Crippen LogP contribution in [0.1, 0.15) is 38.3 Å². The predicted octanol–water partition coefficient (Wildman–Crippen LogP) is 5.30. The van der Waals surface area contributed by atoms with E-state index in [-0.39, 0.29) is 0 Å². The Hall–Kier alpha value is -2.87. The van der Waals surface area contributed by atoms with Crippen LogP contribution in [0.3, 0.4) is 0 Å². The first-order chi connectivity index (χ1) is 15.4. The molecule has 33 heavy (non-hydrogen) atoms. The maximum atomic E-state index is 14.2. The molecule has 1 atom stereocenters. The summed E-state index contributed by atoms with van der Waals surface area (Å²) in [4.78, 5) is 4.13. The Morgan fingerprint density at radius 3 is 2.64 bits per heavy atom. The number of alkyl halides is 3. The minimum absolute atomic E-state index is 0.312. The largest absolute Gasteiger partial charge is 0.493 e. The van der Waals surface area contributed by atoms with Crippen molar-refractivity contribution in [1.29, 1.82) is 0 Å². The normalized spacial score (nSPS) is 20.3. The third kappa shape index (κ3) is 5.05. The SMILES string of the molecule is C=C/N=C1/C=CC=C(NCC(O)(CC(C)(C)c2cc(F)cc3c2OCC3)C(F)(F)F)/C1=C/C. The Balaban J connectivity index is 1.90. The average molecular weight is 465 g/mol. The number of hydrogen-bond acceptors (Lipinski definition) is 4. The Bertz CT molecular complexity index is 1050. The summed E-state index contributed by atoms with van der Waals surface area (Å²) in [5.41, 5.74) is -1.85. The highest BCUT2D eigenvalue weighted by molar-refractivity contribution is 6.12. The van der Waals surface area contributed by atoms with Crippen LogP contribution in [0.5, 0.6) is 5.75 Å². The first-order valence-electron chi connectivity index (χ1n) is 10.6. The molecule has 1 aliphatic carbocycles. The molecule has 2 aliphatic rings. The molecule has 0 aromatic heterocycles. The van der Waals surface area contributed by atoms with Gasteiger partial charge in [-0.2, -0.15) is 13.2 Å². The predicted molar refractivity (Wildman–Crippen MR) is 121 cm³/mol. The maximum absolute atomic E-state index is 14.2. The van der Waals surface area contributed by atoms with Gasteiger partial charge in [-0.3, -0.25) is 4.99 Å². The van der Waals surface area contributed by atoms with E-state index in [1.165, 1.54) is 18.3 Å². The summed E-state index contributed by atoms with van der Waals surface area (Å²) in [7, 11) is 0. The number of halogens is 4. The Morgan fingerprint density at radius 2 is 2.00 bits per heavy atom. The fraction of sp³-hybridized carbons (Fsp3) is 0.400. The van der Waals surface area contributed by atoms with Crippen LogP contribution in [0.25, 0.3) is 0 Å². The second-order valence-electron chi connectivity index (χ2n) is 8.82. The van der Waals surface area contributed by atoms with Crippen molar-refractivity contribution in [3.8, 4) is 5.75 Å². The molecule has 1 aromatic rings. The Labute approximate surface area is 191 Å². The molecule has 1 heterocycles. The minimum atomic E-state index is -4.94. The Morgan fingerprint density at radius 1 is 1.27 bits per heavy atom. The number of allylic oxidation sites excluding steroid dienone is 5. The highest BCUT2D eigenvalue weighted by Gasteiger charge is 2.56. The van der Waals surface area contributed by atoms with Crippen molar-refractivity contribution in [3.63, 3.8) is 0 Å². The summed E-state index contributed by atoms with van der Waals surface area (Å²) in [6.45, 7) is 7.94. The quantitative estimate of drug-likeness (QED) is 0.539. The number of rotatable bonds is 7. The van der Waals surface area contributed by atoms with Crippen molar-refractivity contribution in [2.45, 2.75) is 50.8 Å². The number of fused-ring (bicyclic) bond motifs is 1. The van der Waals surface area contributed by atoms with E-state index >= 15 is 0 Å². The lowest BCUT2D eigenvalue weighted by atomic mass is 9.74. The first kappa shape index (κ1) is 24.8. The van der Waals surface area contributed by atoms with Crippen LogP contribution >= 0.6 is 0 Å². The number of aliphatic hydroxyl groups is 1. The van der Waals surface area contributed by atoms with Gasteiger partial charge < -0.3 is 15.2 Å². The molecular formula is C25H28F4N2O2. The van der Waals surface area contributed by atoms with Crippen molar-refractivity contribution < 1.29 is 27.4 Å². The third-order valence-electron chi connectivity index (χ3n) is 5.91. The molecule has 0 fully saturated rings. The van der Waals surface area contributed by atoms with Crippen molar-refractivity contribution in [2.24, 2.45) is 4.99 Å². The molecule has 0 spiro atoms.